The van der Waals surface area contributed by atoms with E-state index in [-0.39, 0.29) is 11.2 Å². The molecule has 0 spiro atoms. The zero-order valence-corrected chi connectivity index (χ0v) is 26.7. The third kappa shape index (κ3) is 8.02. The van der Waals surface area contributed by atoms with Crippen LogP contribution in [-0.4, -0.2) is 59.9 Å². The molecule has 0 bridgehead atoms. The van der Waals surface area contributed by atoms with E-state index >= 15 is 0 Å². The van der Waals surface area contributed by atoms with Crippen molar-refractivity contribution in [2.24, 2.45) is 5.41 Å². The third-order valence-corrected chi connectivity index (χ3v) is 7.97. The second-order valence-electron chi connectivity index (χ2n) is 13.2. The quantitative estimate of drug-likeness (QED) is 0.270. The lowest BCUT2D eigenvalue weighted by molar-refractivity contribution is -0.160. The lowest BCUT2D eigenvalue weighted by Crippen LogP contribution is -2.39. The molecule has 1 aromatic carbocycles. The van der Waals surface area contributed by atoms with Gasteiger partial charge in [-0.3, -0.25) is 9.97 Å². The summed E-state index contributed by atoms with van der Waals surface area (Å²) in [7, 11) is 1.96. The van der Waals surface area contributed by atoms with Gasteiger partial charge in [-0.1, -0.05) is 13.8 Å². The Labute approximate surface area is 254 Å². The predicted octanol–water partition coefficient (Wildman–Crippen LogP) is 6.98. The van der Waals surface area contributed by atoms with Crippen LogP contribution in [0.5, 0.6) is 5.75 Å². The molecular formula is C34H45FN4O4. The van der Waals surface area contributed by atoms with Crippen molar-refractivity contribution < 1.29 is 23.8 Å². The molecule has 232 valence electrons. The van der Waals surface area contributed by atoms with Gasteiger partial charge in [-0.25, -0.2) is 9.18 Å². The number of likely N-dealkylation sites (N-methyl/N-ethyl adjacent to an activating group) is 1. The summed E-state index contributed by atoms with van der Waals surface area (Å²) in [5, 5.41) is 10.3. The second-order valence-corrected chi connectivity index (χ2v) is 13.2. The zero-order chi connectivity index (χ0) is 31.5. The third-order valence-electron chi connectivity index (χ3n) is 7.97. The number of ether oxygens (including phenoxy) is 2. The van der Waals surface area contributed by atoms with Crippen LogP contribution in [0.3, 0.4) is 0 Å². The van der Waals surface area contributed by atoms with Crippen molar-refractivity contribution >= 4 is 17.3 Å². The van der Waals surface area contributed by atoms with E-state index in [1.165, 1.54) is 6.07 Å². The predicted molar refractivity (Wildman–Crippen MR) is 169 cm³/mol. The second kappa shape index (κ2) is 12.9. The lowest BCUT2D eigenvalue weighted by atomic mass is 9.82. The number of halogens is 1. The minimum absolute atomic E-state index is 0.219. The van der Waals surface area contributed by atoms with Crippen LogP contribution in [0.2, 0.25) is 0 Å². The Morgan fingerprint density at radius 1 is 1.12 bits per heavy atom. The molecular weight excluding hydrogens is 547 g/mol. The number of carbonyl (C=O) groups is 1. The first kappa shape index (κ1) is 32.2. The molecule has 1 aliphatic rings. The average Bonchev–Trinajstić information content (AvgIpc) is 2.93. The number of benzene rings is 1. The van der Waals surface area contributed by atoms with Crippen LogP contribution in [-0.2, 0) is 9.53 Å². The van der Waals surface area contributed by atoms with E-state index in [9.17, 15) is 14.3 Å². The molecule has 1 fully saturated rings. The molecule has 0 saturated carbocycles. The number of aliphatic carboxylic acids is 1. The molecule has 1 aliphatic heterocycles. The number of piperidine rings is 1. The minimum Gasteiger partial charge on any atom is -0.492 e. The SMILES string of the molecule is Cc1cc(OCCN(C)c2ccc(-c3cnc(C)c([C@H](OC(C)(C)C)C(=O)O)c3N3CCC(C)(C)CC3)nc2)ccc1F. The largest absolute Gasteiger partial charge is 0.492 e. The van der Waals surface area contributed by atoms with Gasteiger partial charge >= 0.3 is 5.97 Å². The van der Waals surface area contributed by atoms with Gasteiger partial charge in [-0.05, 0) is 88.8 Å². The Bertz CT molecular complexity index is 1430. The fourth-order valence-electron chi connectivity index (χ4n) is 5.28. The number of aromatic nitrogens is 2. The Morgan fingerprint density at radius 2 is 1.81 bits per heavy atom. The van der Waals surface area contributed by atoms with Crippen LogP contribution in [0.1, 0.15) is 70.4 Å². The maximum absolute atomic E-state index is 13.6. The van der Waals surface area contributed by atoms with Gasteiger partial charge in [0.25, 0.3) is 0 Å². The molecule has 43 heavy (non-hydrogen) atoms. The topological polar surface area (TPSA) is 88.0 Å². The van der Waals surface area contributed by atoms with Gasteiger partial charge in [0.2, 0.25) is 0 Å². The molecule has 0 unspecified atom stereocenters. The van der Waals surface area contributed by atoms with Crippen molar-refractivity contribution in [3.05, 3.63) is 65.4 Å². The summed E-state index contributed by atoms with van der Waals surface area (Å²) in [6, 6.07) is 8.68. The number of carboxylic acid groups (broad SMARTS) is 1. The van der Waals surface area contributed by atoms with Crippen molar-refractivity contribution in [1.29, 1.82) is 0 Å². The van der Waals surface area contributed by atoms with Crippen LogP contribution >= 0.6 is 0 Å². The first-order valence-corrected chi connectivity index (χ1v) is 14.9. The Kier molecular flexibility index (Phi) is 9.64. The number of rotatable bonds is 10. The molecule has 0 radical (unpaired) electrons. The number of anilines is 2. The standard InChI is InChI=1S/C34H45FN4O4/c1-22-19-25(10-11-27(22)35)42-18-17-38(8)24-9-12-28(37-20-24)26-21-36-23(2)29(31(32(40)41)43-33(3,4)5)30(26)39-15-13-34(6,7)14-16-39/h9-12,19-21,31H,13-18H2,1-8H3,(H,40,41)/t31-/m0/s1. The maximum Gasteiger partial charge on any atom is 0.337 e. The van der Waals surface area contributed by atoms with Gasteiger partial charge in [0.05, 0.1) is 35.4 Å². The van der Waals surface area contributed by atoms with Crippen molar-refractivity contribution in [1.82, 2.24) is 9.97 Å². The highest BCUT2D eigenvalue weighted by Crippen LogP contribution is 2.43. The van der Waals surface area contributed by atoms with Gasteiger partial charge in [-0.15, -0.1) is 0 Å². The summed E-state index contributed by atoms with van der Waals surface area (Å²) >= 11 is 0. The van der Waals surface area contributed by atoms with Crippen LogP contribution in [0, 0.1) is 25.1 Å². The van der Waals surface area contributed by atoms with Crippen molar-refractivity contribution in [3.63, 3.8) is 0 Å². The first-order chi connectivity index (χ1) is 20.1. The van der Waals surface area contributed by atoms with Crippen LogP contribution in [0.4, 0.5) is 15.8 Å². The van der Waals surface area contributed by atoms with E-state index in [4.69, 9.17) is 14.5 Å². The average molecular weight is 593 g/mol. The van der Waals surface area contributed by atoms with Crippen molar-refractivity contribution in [2.45, 2.75) is 73.0 Å². The summed E-state index contributed by atoms with van der Waals surface area (Å²) in [6.07, 6.45) is 4.41. The Balaban J connectivity index is 1.63. The molecule has 1 atom stereocenters. The van der Waals surface area contributed by atoms with E-state index in [2.05, 4.69) is 23.7 Å². The fraction of sp³-hybridized carbons (Fsp3) is 0.500. The number of nitrogens with zero attached hydrogens (tertiary/aromatic N) is 4. The number of aryl methyl sites for hydroxylation is 2. The molecule has 4 rings (SSSR count). The van der Waals surface area contributed by atoms with Gasteiger partial charge in [-0.2, -0.15) is 0 Å². The molecule has 1 saturated heterocycles. The van der Waals surface area contributed by atoms with Crippen LogP contribution in [0.15, 0.2) is 42.7 Å². The van der Waals surface area contributed by atoms with E-state index < -0.39 is 17.7 Å². The number of carboxylic acids is 1. The first-order valence-electron chi connectivity index (χ1n) is 14.9. The summed E-state index contributed by atoms with van der Waals surface area (Å²) in [4.78, 5) is 26.4. The highest BCUT2D eigenvalue weighted by Gasteiger charge is 2.36. The molecule has 8 nitrogen and oxygen atoms in total. The normalized spacial score (nSPS) is 15.7. The maximum atomic E-state index is 13.6. The highest BCUT2D eigenvalue weighted by molar-refractivity contribution is 5.85. The van der Waals surface area contributed by atoms with Gasteiger partial charge in [0, 0.05) is 43.2 Å². The molecule has 3 heterocycles. The molecule has 2 aromatic heterocycles. The Hall–Kier alpha value is -3.72. The minimum atomic E-state index is -1.17. The molecule has 9 heteroatoms. The smallest absolute Gasteiger partial charge is 0.337 e. The van der Waals surface area contributed by atoms with E-state index in [1.807, 2.05) is 51.8 Å². The van der Waals surface area contributed by atoms with Crippen molar-refractivity contribution in [3.8, 4) is 17.0 Å². The van der Waals surface area contributed by atoms with Gasteiger partial charge < -0.3 is 24.4 Å². The van der Waals surface area contributed by atoms with Crippen LogP contribution in [0.25, 0.3) is 11.3 Å². The van der Waals surface area contributed by atoms with Crippen molar-refractivity contribution in [2.75, 3.05) is 43.1 Å². The summed E-state index contributed by atoms with van der Waals surface area (Å²) < 4.78 is 25.5. The lowest BCUT2D eigenvalue weighted by Gasteiger charge is -2.40. The summed E-state index contributed by atoms with van der Waals surface area (Å²) in [5.41, 5.74) is 4.54. The fourth-order valence-corrected chi connectivity index (χ4v) is 5.28. The summed E-state index contributed by atoms with van der Waals surface area (Å²) in [6.45, 7) is 16.3. The highest BCUT2D eigenvalue weighted by atomic mass is 19.1. The monoisotopic (exact) mass is 592 g/mol. The van der Waals surface area contributed by atoms with Gasteiger partial charge in [0.1, 0.15) is 18.2 Å². The summed E-state index contributed by atoms with van der Waals surface area (Å²) in [5.74, 6) is -0.662. The molecule has 1 N–H and O–H groups in total. The van der Waals surface area contributed by atoms with Crippen LogP contribution < -0.4 is 14.5 Å². The van der Waals surface area contributed by atoms with E-state index in [0.717, 1.165) is 42.9 Å². The Morgan fingerprint density at radius 3 is 2.40 bits per heavy atom. The molecule has 3 aromatic rings. The molecule has 0 aliphatic carbocycles. The van der Waals surface area contributed by atoms with Gasteiger partial charge in [0.15, 0.2) is 6.10 Å². The number of hydrogen-bond acceptors (Lipinski definition) is 7. The van der Waals surface area contributed by atoms with E-state index in [1.54, 1.807) is 31.5 Å². The number of hydrogen-bond donors (Lipinski definition) is 1. The number of pyridine rings is 2. The zero-order valence-electron chi connectivity index (χ0n) is 26.7. The van der Waals surface area contributed by atoms with E-state index in [0.29, 0.717) is 41.4 Å². The molecule has 0 amide bonds.